The van der Waals surface area contributed by atoms with E-state index >= 15 is 0 Å². The maximum Gasteiger partial charge on any atom is 0.222 e. The van der Waals surface area contributed by atoms with Crippen molar-refractivity contribution in [3.8, 4) is 0 Å². The summed E-state index contributed by atoms with van der Waals surface area (Å²) >= 11 is 0. The van der Waals surface area contributed by atoms with Gasteiger partial charge in [-0.3, -0.25) is 9.69 Å². The van der Waals surface area contributed by atoms with E-state index in [1.54, 1.807) is 0 Å². The summed E-state index contributed by atoms with van der Waals surface area (Å²) in [5, 5.41) is 3.07. The summed E-state index contributed by atoms with van der Waals surface area (Å²) in [5.74, 6) is 0.733. The van der Waals surface area contributed by atoms with E-state index in [9.17, 15) is 4.79 Å². The fraction of sp³-hybridized carbons (Fsp3) is 0.667. The molecule has 3 aliphatic heterocycles. The molecule has 0 bridgehead atoms. The number of carbonyl (C=O) groups excluding carboxylic acids is 1. The van der Waals surface area contributed by atoms with Gasteiger partial charge in [0, 0.05) is 38.6 Å². The molecular formula is C21H31N3O2. The average molecular weight is 357 g/mol. The van der Waals surface area contributed by atoms with E-state index in [2.05, 4.69) is 45.4 Å². The van der Waals surface area contributed by atoms with Crippen LogP contribution in [0.25, 0.3) is 0 Å². The summed E-state index contributed by atoms with van der Waals surface area (Å²) in [6, 6.07) is 10.6. The maximum atomic E-state index is 12.2. The van der Waals surface area contributed by atoms with Crippen LogP contribution in [0, 0.1) is 5.92 Å². The first-order valence-electron chi connectivity index (χ1n) is 10.2. The lowest BCUT2D eigenvalue weighted by Gasteiger charge is -2.19. The first-order valence-corrected chi connectivity index (χ1v) is 10.2. The second kappa shape index (κ2) is 8.51. The Labute approximate surface area is 156 Å². The highest BCUT2D eigenvalue weighted by molar-refractivity contribution is 5.76. The number of amides is 1. The van der Waals surface area contributed by atoms with Gasteiger partial charge in [0.25, 0.3) is 0 Å². The molecule has 1 aromatic carbocycles. The molecular weight excluding hydrogens is 326 g/mol. The Bertz CT molecular complexity index is 574. The van der Waals surface area contributed by atoms with E-state index < -0.39 is 0 Å². The van der Waals surface area contributed by atoms with Gasteiger partial charge in [-0.1, -0.05) is 30.3 Å². The molecule has 5 heteroatoms. The van der Waals surface area contributed by atoms with Crippen LogP contribution in [0.2, 0.25) is 0 Å². The monoisotopic (exact) mass is 357 g/mol. The summed E-state index contributed by atoms with van der Waals surface area (Å²) in [5.41, 5.74) is 1.36. The van der Waals surface area contributed by atoms with Crippen molar-refractivity contribution >= 4 is 5.91 Å². The number of nitrogens with one attached hydrogen (secondary N) is 1. The molecule has 4 rings (SSSR count). The Morgan fingerprint density at radius 3 is 2.69 bits per heavy atom. The number of hydrogen-bond acceptors (Lipinski definition) is 4. The third kappa shape index (κ3) is 4.64. The molecule has 3 heterocycles. The molecule has 3 fully saturated rings. The van der Waals surface area contributed by atoms with Crippen LogP contribution < -0.4 is 5.32 Å². The minimum absolute atomic E-state index is 0.107. The Balaban J connectivity index is 1.14. The summed E-state index contributed by atoms with van der Waals surface area (Å²) in [6.07, 6.45) is 4.56. The van der Waals surface area contributed by atoms with Crippen LogP contribution in [0.5, 0.6) is 0 Å². The Morgan fingerprint density at radius 2 is 1.92 bits per heavy atom. The topological polar surface area (TPSA) is 44.8 Å². The molecule has 0 aliphatic carbocycles. The second-order valence-electron chi connectivity index (χ2n) is 8.07. The van der Waals surface area contributed by atoms with Gasteiger partial charge in [-0.25, -0.2) is 0 Å². The normalized spacial score (nSPS) is 29.2. The van der Waals surface area contributed by atoms with Crippen LogP contribution in [0.3, 0.4) is 0 Å². The van der Waals surface area contributed by atoms with Gasteiger partial charge in [0.05, 0.1) is 18.6 Å². The molecule has 0 spiro atoms. The zero-order valence-corrected chi connectivity index (χ0v) is 15.6. The van der Waals surface area contributed by atoms with E-state index in [1.807, 2.05) is 0 Å². The molecule has 0 radical (unpaired) electrons. The predicted octanol–water partition coefficient (Wildman–Crippen LogP) is 1.88. The zero-order valence-electron chi connectivity index (χ0n) is 15.6. The Morgan fingerprint density at radius 1 is 1.12 bits per heavy atom. The van der Waals surface area contributed by atoms with Crippen molar-refractivity contribution in [1.82, 2.24) is 15.1 Å². The minimum Gasteiger partial charge on any atom is -0.373 e. The van der Waals surface area contributed by atoms with Gasteiger partial charge in [-0.05, 0) is 37.9 Å². The molecule has 3 aliphatic rings. The summed E-state index contributed by atoms with van der Waals surface area (Å²) in [7, 11) is 0. The molecule has 1 amide bonds. The first-order chi connectivity index (χ1) is 12.8. The van der Waals surface area contributed by atoms with Gasteiger partial charge in [0.2, 0.25) is 5.91 Å². The number of benzene rings is 1. The third-order valence-electron chi connectivity index (χ3n) is 6.00. The van der Waals surface area contributed by atoms with Crippen molar-refractivity contribution < 1.29 is 9.53 Å². The highest BCUT2D eigenvalue weighted by Crippen LogP contribution is 2.34. The standard InChI is InChI=1S/C21H31N3O2/c25-21(22-8-11-23-9-4-5-10-23)13-19-12-18-15-24(16-20(18)26-19)14-17-6-2-1-3-7-17/h1-3,6-7,18-20H,4-5,8-16H2,(H,22,25)/t18-,19+,20+/m1/s1. The molecule has 5 nitrogen and oxygen atoms in total. The Kier molecular flexibility index (Phi) is 5.88. The number of fused-ring (bicyclic) bond motifs is 1. The van der Waals surface area contributed by atoms with Crippen molar-refractivity contribution in [2.75, 3.05) is 39.3 Å². The van der Waals surface area contributed by atoms with Crippen LogP contribution in [0.15, 0.2) is 30.3 Å². The molecule has 0 unspecified atom stereocenters. The van der Waals surface area contributed by atoms with Gasteiger partial charge < -0.3 is 15.0 Å². The van der Waals surface area contributed by atoms with E-state index in [-0.39, 0.29) is 12.0 Å². The fourth-order valence-corrected chi connectivity index (χ4v) is 4.69. The highest BCUT2D eigenvalue weighted by atomic mass is 16.5. The smallest absolute Gasteiger partial charge is 0.222 e. The van der Waals surface area contributed by atoms with Crippen molar-refractivity contribution in [3.63, 3.8) is 0 Å². The van der Waals surface area contributed by atoms with Crippen molar-refractivity contribution in [3.05, 3.63) is 35.9 Å². The molecule has 0 aromatic heterocycles. The number of rotatable bonds is 7. The lowest BCUT2D eigenvalue weighted by molar-refractivity contribution is -0.123. The van der Waals surface area contributed by atoms with Crippen LogP contribution >= 0.6 is 0 Å². The molecule has 1 N–H and O–H groups in total. The van der Waals surface area contributed by atoms with Gasteiger partial charge in [0.15, 0.2) is 0 Å². The second-order valence-corrected chi connectivity index (χ2v) is 8.07. The molecule has 0 saturated carbocycles. The van der Waals surface area contributed by atoms with E-state index in [4.69, 9.17) is 4.74 Å². The van der Waals surface area contributed by atoms with Crippen molar-refractivity contribution in [2.24, 2.45) is 5.92 Å². The summed E-state index contributed by atoms with van der Waals surface area (Å²) in [4.78, 5) is 17.1. The lowest BCUT2D eigenvalue weighted by Crippen LogP contribution is -2.35. The Hall–Kier alpha value is -1.43. The molecule has 3 atom stereocenters. The SMILES string of the molecule is O=C(C[C@@H]1C[C@@H]2CN(Cc3ccccc3)C[C@@H]2O1)NCCN1CCCC1. The zero-order chi connectivity index (χ0) is 17.8. The highest BCUT2D eigenvalue weighted by Gasteiger charge is 2.42. The quantitative estimate of drug-likeness (QED) is 0.809. The molecule has 142 valence electrons. The third-order valence-corrected chi connectivity index (χ3v) is 6.00. The number of ether oxygens (including phenoxy) is 1. The van der Waals surface area contributed by atoms with Crippen molar-refractivity contribution in [2.45, 2.75) is 44.4 Å². The van der Waals surface area contributed by atoms with Crippen LogP contribution in [0.4, 0.5) is 0 Å². The van der Waals surface area contributed by atoms with Crippen molar-refractivity contribution in [1.29, 1.82) is 0 Å². The van der Waals surface area contributed by atoms with Crippen LogP contribution in [-0.2, 0) is 16.1 Å². The van der Waals surface area contributed by atoms with Crippen LogP contribution in [-0.4, -0.2) is 67.2 Å². The van der Waals surface area contributed by atoms with Gasteiger partial charge in [0.1, 0.15) is 0 Å². The van der Waals surface area contributed by atoms with E-state index in [1.165, 1.54) is 31.5 Å². The van der Waals surface area contributed by atoms with Crippen LogP contribution in [0.1, 0.15) is 31.2 Å². The van der Waals surface area contributed by atoms with Gasteiger partial charge >= 0.3 is 0 Å². The fourth-order valence-electron chi connectivity index (χ4n) is 4.69. The number of likely N-dealkylation sites (tertiary alicyclic amines) is 2. The van der Waals surface area contributed by atoms with Gasteiger partial charge in [-0.15, -0.1) is 0 Å². The predicted molar refractivity (Wildman–Crippen MR) is 102 cm³/mol. The number of nitrogens with zero attached hydrogens (tertiary/aromatic N) is 2. The lowest BCUT2D eigenvalue weighted by atomic mass is 10.0. The molecule has 26 heavy (non-hydrogen) atoms. The average Bonchev–Trinajstić information content (AvgIpc) is 3.33. The summed E-state index contributed by atoms with van der Waals surface area (Å²) < 4.78 is 6.19. The van der Waals surface area contributed by atoms with E-state index in [0.717, 1.165) is 39.1 Å². The molecule has 3 saturated heterocycles. The van der Waals surface area contributed by atoms with E-state index in [0.29, 0.717) is 18.4 Å². The first kappa shape index (κ1) is 18.0. The molecule has 1 aromatic rings. The minimum atomic E-state index is 0.107. The maximum absolute atomic E-state index is 12.2. The number of carbonyl (C=O) groups is 1. The largest absolute Gasteiger partial charge is 0.373 e. The summed E-state index contributed by atoms with van der Waals surface area (Å²) in [6.45, 7) is 7.20. The number of hydrogen-bond donors (Lipinski definition) is 1. The van der Waals surface area contributed by atoms with Gasteiger partial charge in [-0.2, -0.15) is 0 Å².